The molecule has 3 amide bonds. The van der Waals surface area contributed by atoms with E-state index in [1.807, 2.05) is 31.2 Å². The van der Waals surface area contributed by atoms with Crippen LogP contribution in [0.1, 0.15) is 57.7 Å². The summed E-state index contributed by atoms with van der Waals surface area (Å²) < 4.78 is 12.3. The van der Waals surface area contributed by atoms with Gasteiger partial charge in [0.05, 0.1) is 25.4 Å². The highest BCUT2D eigenvalue weighted by Gasteiger charge is 2.65. The van der Waals surface area contributed by atoms with Crippen molar-refractivity contribution in [2.75, 3.05) is 29.3 Å². The van der Waals surface area contributed by atoms with E-state index in [9.17, 15) is 29.7 Å². The van der Waals surface area contributed by atoms with Gasteiger partial charge in [0.1, 0.15) is 18.0 Å². The highest BCUT2D eigenvalue weighted by molar-refractivity contribution is 6.08. The lowest BCUT2D eigenvalue weighted by Gasteiger charge is -2.38. The van der Waals surface area contributed by atoms with E-state index < -0.39 is 41.1 Å². The third kappa shape index (κ3) is 6.30. The van der Waals surface area contributed by atoms with Crippen molar-refractivity contribution in [2.24, 2.45) is 11.8 Å². The van der Waals surface area contributed by atoms with Gasteiger partial charge in [-0.3, -0.25) is 14.4 Å². The molecule has 6 atom stereocenters. The fraction of sp³-hybridized carbons (Fsp3) is 0.432. The Labute approximate surface area is 280 Å². The Kier molecular flexibility index (Phi) is 9.98. The van der Waals surface area contributed by atoms with Crippen molar-refractivity contribution in [3.63, 3.8) is 0 Å². The Morgan fingerprint density at radius 3 is 2.10 bits per heavy atom. The molecule has 11 nitrogen and oxygen atoms in total. The molecule has 2 aliphatic heterocycles. The number of anilines is 3. The van der Waals surface area contributed by atoms with E-state index in [4.69, 9.17) is 9.47 Å². The average Bonchev–Trinajstić information content (AvgIpc) is 3.48. The van der Waals surface area contributed by atoms with Crippen LogP contribution in [0, 0.1) is 11.8 Å². The molecule has 5 rings (SSSR count). The number of rotatable bonds is 11. The van der Waals surface area contributed by atoms with E-state index in [1.165, 1.54) is 13.8 Å². The summed E-state index contributed by atoms with van der Waals surface area (Å²) in [6.07, 6.45) is -2.55. The highest BCUT2D eigenvalue weighted by atomic mass is 16.5. The lowest BCUT2D eigenvalue weighted by molar-refractivity contribution is -0.146. The maximum Gasteiger partial charge on any atom is 0.264 e. The predicted octanol–water partition coefficient (Wildman–Crippen LogP) is 4.09. The van der Waals surface area contributed by atoms with Gasteiger partial charge in [0.2, 0.25) is 0 Å². The first-order valence-electron chi connectivity index (χ1n) is 16.2. The Morgan fingerprint density at radius 2 is 1.54 bits per heavy atom. The van der Waals surface area contributed by atoms with Crippen LogP contribution in [0.15, 0.2) is 66.7 Å². The summed E-state index contributed by atoms with van der Waals surface area (Å²) in [5.74, 6) is -1.21. The van der Waals surface area contributed by atoms with Crippen LogP contribution in [-0.4, -0.2) is 65.1 Å². The smallest absolute Gasteiger partial charge is 0.264 e. The molecule has 1 saturated heterocycles. The monoisotopic (exact) mass is 659 g/mol. The summed E-state index contributed by atoms with van der Waals surface area (Å²) in [7, 11) is 1.62. The van der Waals surface area contributed by atoms with E-state index in [0.717, 1.165) is 16.9 Å². The van der Waals surface area contributed by atoms with Crippen LogP contribution in [0.5, 0.6) is 5.75 Å². The van der Waals surface area contributed by atoms with Crippen molar-refractivity contribution in [1.29, 1.82) is 0 Å². The maximum absolute atomic E-state index is 14.9. The fourth-order valence-corrected chi connectivity index (χ4v) is 7.31. The van der Waals surface area contributed by atoms with Crippen LogP contribution in [0.25, 0.3) is 0 Å². The third-order valence-corrected chi connectivity index (χ3v) is 9.84. The second-order valence-corrected chi connectivity index (χ2v) is 13.3. The average molecular weight is 660 g/mol. The number of ether oxygens (including phenoxy) is 2. The number of carbonyl (C=O) groups is 3. The molecule has 256 valence electrons. The van der Waals surface area contributed by atoms with Gasteiger partial charge >= 0.3 is 0 Å². The lowest BCUT2D eigenvalue weighted by Crippen LogP contribution is -2.45. The molecule has 0 bridgehead atoms. The van der Waals surface area contributed by atoms with Crippen LogP contribution in [0.2, 0.25) is 0 Å². The summed E-state index contributed by atoms with van der Waals surface area (Å²) in [5, 5.41) is 35.0. The van der Waals surface area contributed by atoms with Crippen LogP contribution < -0.4 is 20.3 Å². The number of hydrogen-bond acceptors (Lipinski definition) is 8. The number of hydrogen-bond donors (Lipinski definition) is 5. The first kappa shape index (κ1) is 35.0. The van der Waals surface area contributed by atoms with Crippen molar-refractivity contribution in [3.05, 3.63) is 83.4 Å². The number of aliphatic hydroxyl groups is 3. The quantitative estimate of drug-likeness (QED) is 0.206. The molecular weight excluding hydrogens is 614 g/mol. The summed E-state index contributed by atoms with van der Waals surface area (Å²) >= 11 is 0. The Balaban J connectivity index is 1.57. The molecule has 2 heterocycles. The molecule has 48 heavy (non-hydrogen) atoms. The molecular formula is C37H45N3O8. The second kappa shape index (κ2) is 13.7. The molecule has 3 aromatic rings. The predicted molar refractivity (Wildman–Crippen MR) is 182 cm³/mol. The summed E-state index contributed by atoms with van der Waals surface area (Å²) in [6, 6.07) is 20.1. The molecule has 0 aliphatic carbocycles. The van der Waals surface area contributed by atoms with Crippen LogP contribution in [0.4, 0.5) is 17.1 Å². The number of carbonyl (C=O) groups excluding carboxylic acids is 3. The van der Waals surface area contributed by atoms with E-state index in [1.54, 1.807) is 54.5 Å². The molecule has 11 heteroatoms. The number of nitrogens with one attached hydrogen (secondary N) is 2. The summed E-state index contributed by atoms with van der Waals surface area (Å²) in [5.41, 5.74) is 2.05. The second-order valence-electron chi connectivity index (χ2n) is 13.3. The van der Waals surface area contributed by atoms with Crippen LogP contribution in [-0.2, 0) is 36.7 Å². The van der Waals surface area contributed by atoms with Gasteiger partial charge in [-0.05, 0) is 79.3 Å². The molecule has 0 radical (unpaired) electrons. The Hall–Kier alpha value is -4.29. The molecule has 1 fully saturated rings. The Morgan fingerprint density at radius 1 is 0.958 bits per heavy atom. The normalized spacial score (nSPS) is 23.1. The maximum atomic E-state index is 14.9. The highest BCUT2D eigenvalue weighted by Crippen LogP contribution is 2.60. The molecule has 5 N–H and O–H groups in total. The number of methoxy groups -OCH3 is 1. The number of aliphatic hydroxyl groups excluding tert-OH is 3. The number of fused-ring (bicyclic) bond motifs is 2. The standard InChI is InChI=1S/C37H45N3O8/c1-21-32(36(4,5)25-9-14-28(47-6)15-10-25)31(17-18-41)48-37(21)29-19-27(39-34(45)23(3)43)13-16-30(29)40(35(37)46)20-24-7-11-26(12-8-24)38-33(44)22(2)42/h7-16,19,21-23,31-32,41-43H,17-18,20H2,1-6H3,(H,38,44)(H,39,45)/t21-,22-,23-,31+,32-,37+/m0/s1. The van der Waals surface area contributed by atoms with Gasteiger partial charge in [0.15, 0.2) is 5.60 Å². The number of nitrogens with zero attached hydrogens (tertiary/aromatic N) is 1. The van der Waals surface area contributed by atoms with Crippen molar-refractivity contribution < 1.29 is 39.2 Å². The van der Waals surface area contributed by atoms with E-state index >= 15 is 0 Å². The zero-order chi connectivity index (χ0) is 35.0. The summed E-state index contributed by atoms with van der Waals surface area (Å²) in [6.45, 7) is 9.09. The van der Waals surface area contributed by atoms with E-state index in [-0.39, 0.29) is 30.9 Å². The molecule has 3 aromatic carbocycles. The Bertz CT molecular complexity index is 1650. The molecule has 0 unspecified atom stereocenters. The number of amides is 3. The van der Waals surface area contributed by atoms with Gasteiger partial charge in [0.25, 0.3) is 17.7 Å². The number of benzene rings is 3. The zero-order valence-electron chi connectivity index (χ0n) is 28.2. The van der Waals surface area contributed by atoms with Crippen LogP contribution >= 0.6 is 0 Å². The first-order valence-corrected chi connectivity index (χ1v) is 16.2. The molecule has 0 saturated carbocycles. The fourth-order valence-electron chi connectivity index (χ4n) is 7.31. The van der Waals surface area contributed by atoms with Gasteiger partial charge in [-0.25, -0.2) is 0 Å². The zero-order valence-corrected chi connectivity index (χ0v) is 28.2. The topological polar surface area (TPSA) is 158 Å². The van der Waals surface area contributed by atoms with Crippen molar-refractivity contribution in [3.8, 4) is 5.75 Å². The minimum Gasteiger partial charge on any atom is -0.497 e. The molecule has 1 spiro atoms. The van der Waals surface area contributed by atoms with Crippen molar-refractivity contribution in [2.45, 2.75) is 76.9 Å². The third-order valence-electron chi connectivity index (χ3n) is 9.84. The summed E-state index contributed by atoms with van der Waals surface area (Å²) in [4.78, 5) is 41.0. The van der Waals surface area contributed by atoms with Crippen molar-refractivity contribution >= 4 is 34.8 Å². The SMILES string of the molecule is COc1ccc(C(C)(C)[C@@H]2[C@@H](CCO)O[C@]3(C(=O)N(Cc4ccc(NC(=O)[C@H](C)O)cc4)c4ccc(NC(=O)[C@H](C)O)cc43)[C@H]2C)cc1. The largest absolute Gasteiger partial charge is 0.497 e. The van der Waals surface area contributed by atoms with E-state index in [2.05, 4.69) is 24.5 Å². The van der Waals surface area contributed by atoms with E-state index in [0.29, 0.717) is 29.0 Å². The van der Waals surface area contributed by atoms with Gasteiger partial charge in [-0.15, -0.1) is 0 Å². The molecule has 0 aromatic heterocycles. The van der Waals surface area contributed by atoms with Gasteiger partial charge in [-0.2, -0.15) is 0 Å². The van der Waals surface area contributed by atoms with Crippen molar-refractivity contribution in [1.82, 2.24) is 0 Å². The van der Waals surface area contributed by atoms with Gasteiger partial charge in [0, 0.05) is 35.4 Å². The lowest BCUT2D eigenvalue weighted by atomic mass is 9.63. The molecule has 2 aliphatic rings. The van der Waals surface area contributed by atoms with Crippen LogP contribution in [0.3, 0.4) is 0 Å². The first-order chi connectivity index (χ1) is 22.7. The van der Waals surface area contributed by atoms with Gasteiger partial charge in [-0.1, -0.05) is 45.0 Å². The van der Waals surface area contributed by atoms with Gasteiger partial charge < -0.3 is 40.3 Å². The minimum absolute atomic E-state index is 0.129. The minimum atomic E-state index is -1.43.